The van der Waals surface area contributed by atoms with E-state index in [9.17, 15) is 9.59 Å². The lowest BCUT2D eigenvalue weighted by Crippen LogP contribution is -2.48. The van der Waals surface area contributed by atoms with Gasteiger partial charge in [-0.3, -0.25) is 14.5 Å². The monoisotopic (exact) mass is 359 g/mol. The van der Waals surface area contributed by atoms with Gasteiger partial charge in [-0.25, -0.2) is 0 Å². The smallest absolute Gasteiger partial charge is 0.255 e. The summed E-state index contributed by atoms with van der Waals surface area (Å²) in [4.78, 5) is 32.5. The van der Waals surface area contributed by atoms with Gasteiger partial charge in [-0.05, 0) is 18.1 Å². The highest BCUT2D eigenvalue weighted by Crippen LogP contribution is 2.33. The second-order valence-corrected chi connectivity index (χ2v) is 7.51. The van der Waals surface area contributed by atoms with Crippen LogP contribution >= 0.6 is 0 Å². The van der Waals surface area contributed by atoms with Crippen LogP contribution < -0.4 is 5.56 Å². The van der Waals surface area contributed by atoms with Gasteiger partial charge in [0, 0.05) is 48.7 Å². The molecule has 2 saturated heterocycles. The number of H-pyrrole nitrogens is 1. The molecule has 3 aromatic rings. The molecule has 1 aromatic heterocycles. The topological polar surface area (TPSA) is 56.4 Å². The van der Waals surface area contributed by atoms with Crippen LogP contribution in [0, 0.1) is 0 Å². The van der Waals surface area contributed by atoms with Gasteiger partial charge in [0.15, 0.2) is 0 Å². The molecule has 2 aliphatic rings. The summed E-state index contributed by atoms with van der Waals surface area (Å²) in [6.07, 6.45) is 1.01. The van der Waals surface area contributed by atoms with Gasteiger partial charge >= 0.3 is 0 Å². The van der Waals surface area contributed by atoms with Gasteiger partial charge in [0.2, 0.25) is 5.56 Å². The third-order valence-electron chi connectivity index (χ3n) is 5.82. The maximum Gasteiger partial charge on any atom is 0.255 e. The van der Waals surface area contributed by atoms with Crippen molar-refractivity contribution in [3.8, 4) is 0 Å². The number of rotatable bonds is 3. The van der Waals surface area contributed by atoms with E-state index in [4.69, 9.17) is 0 Å². The number of hydrogen-bond acceptors (Lipinski definition) is 3. The Bertz CT molecular complexity index is 1060. The number of piperazine rings is 1. The van der Waals surface area contributed by atoms with Crippen LogP contribution in [0.1, 0.15) is 22.3 Å². The number of aromatic amines is 1. The zero-order valence-electron chi connectivity index (χ0n) is 15.0. The Hall–Kier alpha value is -2.92. The lowest BCUT2D eigenvalue weighted by Gasteiger charge is -2.34. The average molecular weight is 359 g/mol. The highest BCUT2D eigenvalue weighted by atomic mass is 16.2. The summed E-state index contributed by atoms with van der Waals surface area (Å²) in [7, 11) is 0. The van der Waals surface area contributed by atoms with Gasteiger partial charge in [-0.15, -0.1) is 0 Å². The number of nitrogens with one attached hydrogen (secondary N) is 1. The third-order valence-corrected chi connectivity index (χ3v) is 5.82. The van der Waals surface area contributed by atoms with Crippen molar-refractivity contribution in [2.24, 2.45) is 0 Å². The predicted octanol–water partition coefficient (Wildman–Crippen LogP) is 2.63. The van der Waals surface area contributed by atoms with E-state index in [1.165, 1.54) is 11.6 Å². The molecule has 5 nitrogen and oxygen atoms in total. The number of aromatic nitrogens is 1. The van der Waals surface area contributed by atoms with Crippen molar-refractivity contribution in [1.29, 1.82) is 0 Å². The first kappa shape index (κ1) is 16.3. The van der Waals surface area contributed by atoms with E-state index in [-0.39, 0.29) is 17.5 Å². The molecular weight excluding hydrogens is 338 g/mol. The van der Waals surface area contributed by atoms with Gasteiger partial charge in [0.1, 0.15) is 0 Å². The number of pyridine rings is 1. The highest BCUT2D eigenvalue weighted by Gasteiger charge is 2.45. The van der Waals surface area contributed by atoms with Crippen molar-refractivity contribution < 1.29 is 4.79 Å². The normalized spacial score (nSPS) is 21.9. The standard InChI is InChI=1S/C22H21N3O2/c26-21-11-19(18-8-4-5-9-20(18)23-21)22(27)25-14-16-10-17(25)13-24(16)12-15-6-2-1-3-7-15/h1-9,11,16-17H,10,12-14H2,(H,23,26). The van der Waals surface area contributed by atoms with Crippen molar-refractivity contribution in [2.75, 3.05) is 13.1 Å². The molecule has 5 rings (SSSR count). The number of amides is 1. The van der Waals surface area contributed by atoms with Crippen LogP contribution in [-0.4, -0.2) is 45.9 Å². The maximum atomic E-state index is 13.2. The number of benzene rings is 2. The zero-order valence-corrected chi connectivity index (χ0v) is 15.0. The lowest BCUT2D eigenvalue weighted by molar-refractivity contribution is 0.0618. The van der Waals surface area contributed by atoms with Gasteiger partial charge < -0.3 is 9.88 Å². The Morgan fingerprint density at radius 3 is 2.56 bits per heavy atom. The molecule has 2 atom stereocenters. The van der Waals surface area contributed by atoms with Crippen LogP contribution in [0.3, 0.4) is 0 Å². The number of carbonyl (C=O) groups is 1. The van der Waals surface area contributed by atoms with Gasteiger partial charge in [0.25, 0.3) is 5.91 Å². The van der Waals surface area contributed by atoms with Gasteiger partial charge in [0.05, 0.1) is 5.56 Å². The van der Waals surface area contributed by atoms with Crippen LogP contribution in [0.2, 0.25) is 0 Å². The molecule has 2 aromatic carbocycles. The fraction of sp³-hybridized carbons (Fsp3) is 0.273. The Morgan fingerprint density at radius 2 is 1.78 bits per heavy atom. The SMILES string of the molecule is O=C(c1cc(=O)[nH]c2ccccc12)N1CC2CC1CN2Cc1ccccc1. The predicted molar refractivity (Wildman–Crippen MR) is 105 cm³/mol. The zero-order chi connectivity index (χ0) is 18.4. The first-order chi connectivity index (χ1) is 13.2. The molecule has 0 aliphatic carbocycles. The molecule has 5 heteroatoms. The first-order valence-corrected chi connectivity index (χ1v) is 9.40. The second kappa shape index (κ2) is 6.35. The summed E-state index contributed by atoms with van der Waals surface area (Å²) in [6, 6.07) is 20.0. The summed E-state index contributed by atoms with van der Waals surface area (Å²) >= 11 is 0. The van der Waals surface area contributed by atoms with Crippen LogP contribution in [0.5, 0.6) is 0 Å². The number of carbonyl (C=O) groups excluding carboxylic acids is 1. The van der Waals surface area contributed by atoms with E-state index in [0.717, 1.165) is 31.4 Å². The largest absolute Gasteiger partial charge is 0.333 e. The highest BCUT2D eigenvalue weighted by molar-refractivity contribution is 6.06. The van der Waals surface area contributed by atoms with E-state index in [1.54, 1.807) is 0 Å². The van der Waals surface area contributed by atoms with Crippen molar-refractivity contribution in [2.45, 2.75) is 25.0 Å². The van der Waals surface area contributed by atoms with Crippen LogP contribution in [0.15, 0.2) is 65.5 Å². The van der Waals surface area contributed by atoms with Crippen LogP contribution in [-0.2, 0) is 6.54 Å². The van der Waals surface area contributed by atoms with Crippen molar-refractivity contribution in [3.63, 3.8) is 0 Å². The molecule has 136 valence electrons. The van der Waals surface area contributed by atoms with E-state index < -0.39 is 0 Å². The molecule has 1 N–H and O–H groups in total. The molecule has 0 radical (unpaired) electrons. The molecular formula is C22H21N3O2. The minimum absolute atomic E-state index is 0.0239. The molecule has 0 saturated carbocycles. The Balaban J connectivity index is 1.38. The van der Waals surface area contributed by atoms with E-state index in [1.807, 2.05) is 35.2 Å². The third kappa shape index (κ3) is 2.84. The molecule has 1 amide bonds. The number of fused-ring (bicyclic) bond motifs is 3. The number of hydrogen-bond donors (Lipinski definition) is 1. The van der Waals surface area contributed by atoms with Gasteiger partial charge in [-0.1, -0.05) is 48.5 Å². The quantitative estimate of drug-likeness (QED) is 0.782. The molecule has 3 heterocycles. The maximum absolute atomic E-state index is 13.2. The summed E-state index contributed by atoms with van der Waals surface area (Å²) < 4.78 is 0. The number of nitrogens with zero attached hydrogens (tertiary/aromatic N) is 2. The van der Waals surface area contributed by atoms with Gasteiger partial charge in [-0.2, -0.15) is 0 Å². The van der Waals surface area contributed by atoms with E-state index in [0.29, 0.717) is 17.1 Å². The molecule has 2 bridgehead atoms. The van der Waals surface area contributed by atoms with Crippen LogP contribution in [0.25, 0.3) is 10.9 Å². The van der Waals surface area contributed by atoms with E-state index >= 15 is 0 Å². The molecule has 2 aliphatic heterocycles. The summed E-state index contributed by atoms with van der Waals surface area (Å²) in [5.41, 5.74) is 2.30. The minimum atomic E-state index is -0.230. The average Bonchev–Trinajstić information content (AvgIpc) is 3.28. The van der Waals surface area contributed by atoms with Crippen molar-refractivity contribution >= 4 is 16.8 Å². The Labute approximate surface area is 157 Å². The minimum Gasteiger partial charge on any atom is -0.333 e. The fourth-order valence-electron chi connectivity index (χ4n) is 4.55. The second-order valence-electron chi connectivity index (χ2n) is 7.51. The lowest BCUT2D eigenvalue weighted by atomic mass is 10.1. The molecule has 2 unspecified atom stereocenters. The van der Waals surface area contributed by atoms with Crippen molar-refractivity contribution in [1.82, 2.24) is 14.8 Å². The van der Waals surface area contributed by atoms with E-state index in [2.05, 4.69) is 34.1 Å². The Morgan fingerprint density at radius 1 is 1.00 bits per heavy atom. The molecule has 2 fully saturated rings. The first-order valence-electron chi connectivity index (χ1n) is 9.40. The fourth-order valence-corrected chi connectivity index (χ4v) is 4.55. The molecule has 0 spiro atoms. The summed E-state index contributed by atoms with van der Waals surface area (Å²) in [6.45, 7) is 2.56. The number of para-hydroxylation sites is 1. The molecule has 27 heavy (non-hydrogen) atoms. The van der Waals surface area contributed by atoms with Crippen molar-refractivity contribution in [3.05, 3.63) is 82.1 Å². The van der Waals surface area contributed by atoms with Crippen LogP contribution in [0.4, 0.5) is 0 Å². The summed E-state index contributed by atoms with van der Waals surface area (Å²) in [5.74, 6) is -0.0239. The summed E-state index contributed by atoms with van der Waals surface area (Å²) in [5, 5.41) is 0.811. The number of likely N-dealkylation sites (tertiary alicyclic amines) is 2. The Kier molecular flexibility index (Phi) is 3.83.